The molecule has 3 N–H and O–H groups in total. The fraction of sp³-hybridized carbons (Fsp3) is 0.259. The van der Waals surface area contributed by atoms with E-state index in [9.17, 15) is 4.39 Å². The van der Waals surface area contributed by atoms with Crippen molar-refractivity contribution in [2.45, 2.75) is 39.0 Å². The molecule has 0 spiro atoms. The highest BCUT2D eigenvalue weighted by Crippen LogP contribution is 2.33. The Morgan fingerprint density at radius 1 is 1.11 bits per heavy atom. The van der Waals surface area contributed by atoms with Crippen LogP contribution in [0.5, 0.6) is 17.2 Å². The Labute approximate surface area is 222 Å². The number of aromatic nitrogens is 5. The van der Waals surface area contributed by atoms with Gasteiger partial charge >= 0.3 is 0 Å². The average Bonchev–Trinajstić information content (AvgIpc) is 3.65. The van der Waals surface area contributed by atoms with Gasteiger partial charge in [0.1, 0.15) is 47.5 Å². The molecule has 3 aromatic heterocycles. The number of nitrogens with two attached hydrogens (primary N) is 1. The predicted molar refractivity (Wildman–Crippen MR) is 144 cm³/mol. The second-order valence-electron chi connectivity index (χ2n) is 9.16. The molecule has 1 saturated heterocycles. The molecule has 194 valence electrons. The molecular formula is C27H26FN7O2S. The van der Waals surface area contributed by atoms with Crippen LogP contribution in [-0.2, 0) is 13.2 Å². The van der Waals surface area contributed by atoms with Crippen molar-refractivity contribution < 1.29 is 13.9 Å². The molecule has 0 radical (unpaired) electrons. The van der Waals surface area contributed by atoms with Gasteiger partial charge in [0.15, 0.2) is 5.65 Å². The first-order valence-corrected chi connectivity index (χ1v) is 13.2. The molecule has 1 aliphatic rings. The summed E-state index contributed by atoms with van der Waals surface area (Å²) in [4.78, 5) is 13.8. The Bertz CT molecular complexity index is 1580. The number of hydrogen-bond donors (Lipinski definition) is 2. The van der Waals surface area contributed by atoms with E-state index in [1.54, 1.807) is 23.6 Å². The lowest BCUT2D eigenvalue weighted by Crippen LogP contribution is -2.27. The van der Waals surface area contributed by atoms with Gasteiger partial charge in [0, 0.05) is 36.0 Å². The number of halogens is 1. The second-order valence-corrected chi connectivity index (χ2v) is 10.5. The van der Waals surface area contributed by atoms with E-state index in [2.05, 4.69) is 20.3 Å². The highest BCUT2D eigenvalue weighted by atomic mass is 32.1. The Kier molecular flexibility index (Phi) is 6.61. The Balaban J connectivity index is 1.22. The number of aryl methyl sites for hydroxylation is 1. The van der Waals surface area contributed by atoms with Crippen molar-refractivity contribution in [3.05, 3.63) is 70.7 Å². The van der Waals surface area contributed by atoms with E-state index >= 15 is 0 Å². The van der Waals surface area contributed by atoms with E-state index in [1.165, 1.54) is 18.5 Å². The number of nitrogens with one attached hydrogen (secondary N) is 1. The zero-order valence-electron chi connectivity index (χ0n) is 20.7. The van der Waals surface area contributed by atoms with Gasteiger partial charge in [0.25, 0.3) is 0 Å². The van der Waals surface area contributed by atoms with Gasteiger partial charge in [-0.25, -0.2) is 24.0 Å². The first-order valence-electron chi connectivity index (χ1n) is 12.4. The van der Waals surface area contributed by atoms with Crippen LogP contribution in [0.3, 0.4) is 0 Å². The molecule has 0 bridgehead atoms. The Morgan fingerprint density at radius 3 is 2.71 bits per heavy atom. The van der Waals surface area contributed by atoms with Crippen LogP contribution in [0, 0.1) is 12.7 Å². The summed E-state index contributed by atoms with van der Waals surface area (Å²) in [5, 5.41) is 10.0. The standard InChI is InChI=1S/C27H26FN7O2S/c1-16-31-12-23(38-16)14-36-21-9-18(28)10-22(11-21)37-20-6-4-17(5-7-20)25-24-26(29)32-15-33-27(24)35(34-25)13-19-3-2-8-30-19/h4-7,9-12,15,19,30H,2-3,8,13-14H2,1H3,(H2,29,32,33)/t19-/m0/s1. The number of fused-ring (bicyclic) bond motifs is 1. The van der Waals surface area contributed by atoms with Gasteiger partial charge in [0.2, 0.25) is 0 Å². The summed E-state index contributed by atoms with van der Waals surface area (Å²) < 4.78 is 27.9. The largest absolute Gasteiger partial charge is 0.488 e. The molecular weight excluding hydrogens is 505 g/mol. The first kappa shape index (κ1) is 24.3. The van der Waals surface area contributed by atoms with Crippen molar-refractivity contribution in [2.75, 3.05) is 12.3 Å². The van der Waals surface area contributed by atoms with Crippen LogP contribution in [0.4, 0.5) is 10.2 Å². The number of benzene rings is 2. The molecule has 6 rings (SSSR count). The molecule has 1 atom stereocenters. The van der Waals surface area contributed by atoms with Crippen LogP contribution < -0.4 is 20.5 Å². The minimum absolute atomic E-state index is 0.313. The number of hydrogen-bond acceptors (Lipinski definition) is 9. The van der Waals surface area contributed by atoms with Crippen molar-refractivity contribution in [1.29, 1.82) is 0 Å². The normalized spacial score (nSPS) is 15.3. The summed E-state index contributed by atoms with van der Waals surface area (Å²) in [5.74, 6) is 1.21. The monoisotopic (exact) mass is 531 g/mol. The van der Waals surface area contributed by atoms with Crippen LogP contribution in [0.25, 0.3) is 22.3 Å². The zero-order chi connectivity index (χ0) is 26.1. The number of thiazole rings is 1. The van der Waals surface area contributed by atoms with E-state index in [-0.39, 0.29) is 0 Å². The molecule has 0 saturated carbocycles. The lowest BCUT2D eigenvalue weighted by molar-refractivity contribution is 0.306. The van der Waals surface area contributed by atoms with E-state index < -0.39 is 5.82 Å². The van der Waals surface area contributed by atoms with E-state index in [0.717, 1.165) is 40.2 Å². The molecule has 38 heavy (non-hydrogen) atoms. The maximum absolute atomic E-state index is 14.3. The van der Waals surface area contributed by atoms with Gasteiger partial charge in [-0.2, -0.15) is 5.10 Å². The van der Waals surface area contributed by atoms with Crippen LogP contribution in [-0.4, -0.2) is 37.3 Å². The first-order chi connectivity index (χ1) is 18.5. The Hall–Kier alpha value is -4.09. The summed E-state index contributed by atoms with van der Waals surface area (Å²) in [5.41, 5.74) is 8.52. The molecule has 2 aromatic carbocycles. The van der Waals surface area contributed by atoms with Gasteiger partial charge < -0.3 is 20.5 Å². The lowest BCUT2D eigenvalue weighted by atomic mass is 10.1. The third kappa shape index (κ3) is 5.15. The van der Waals surface area contributed by atoms with E-state index in [1.807, 2.05) is 35.9 Å². The van der Waals surface area contributed by atoms with Crippen LogP contribution in [0.1, 0.15) is 22.7 Å². The number of anilines is 1. The number of rotatable bonds is 8. The molecule has 11 heteroatoms. The highest BCUT2D eigenvalue weighted by molar-refractivity contribution is 7.11. The summed E-state index contributed by atoms with van der Waals surface area (Å²) in [6.45, 7) is 3.96. The van der Waals surface area contributed by atoms with Gasteiger partial charge in [-0.15, -0.1) is 11.3 Å². The number of nitrogens with zero attached hydrogens (tertiary/aromatic N) is 5. The number of nitrogen functional groups attached to an aromatic ring is 1. The third-order valence-corrected chi connectivity index (χ3v) is 7.26. The predicted octanol–water partition coefficient (Wildman–Crippen LogP) is 5.10. The van der Waals surface area contributed by atoms with Gasteiger partial charge in [-0.1, -0.05) is 0 Å². The van der Waals surface area contributed by atoms with Crippen molar-refractivity contribution in [3.63, 3.8) is 0 Å². The molecule has 0 aliphatic carbocycles. The van der Waals surface area contributed by atoms with Crippen molar-refractivity contribution in [1.82, 2.24) is 30.0 Å². The topological polar surface area (TPSA) is 113 Å². The number of ether oxygens (including phenoxy) is 2. The SMILES string of the molecule is Cc1ncc(COc2cc(F)cc(Oc3ccc(-c4nn(C[C@@H]5CCCN5)c5ncnc(N)c45)cc3)c2)s1. The van der Waals surface area contributed by atoms with E-state index in [0.29, 0.717) is 53.6 Å². The van der Waals surface area contributed by atoms with Crippen LogP contribution >= 0.6 is 11.3 Å². The maximum atomic E-state index is 14.3. The fourth-order valence-corrected chi connectivity index (χ4v) is 5.31. The fourth-order valence-electron chi connectivity index (χ4n) is 4.60. The second kappa shape index (κ2) is 10.3. The minimum Gasteiger partial charge on any atom is -0.488 e. The molecule has 1 aliphatic heterocycles. The summed E-state index contributed by atoms with van der Waals surface area (Å²) >= 11 is 1.54. The molecule has 0 unspecified atom stereocenters. The quantitative estimate of drug-likeness (QED) is 0.284. The average molecular weight is 532 g/mol. The smallest absolute Gasteiger partial charge is 0.164 e. The van der Waals surface area contributed by atoms with Gasteiger partial charge in [0.05, 0.1) is 21.8 Å². The maximum Gasteiger partial charge on any atom is 0.164 e. The van der Waals surface area contributed by atoms with Crippen LogP contribution in [0.2, 0.25) is 0 Å². The molecule has 5 aromatic rings. The van der Waals surface area contributed by atoms with Crippen molar-refractivity contribution in [3.8, 4) is 28.5 Å². The summed E-state index contributed by atoms with van der Waals surface area (Å²) in [6.07, 6.45) is 5.48. The van der Waals surface area contributed by atoms with Crippen LogP contribution in [0.15, 0.2) is 55.0 Å². The molecule has 4 heterocycles. The Morgan fingerprint density at radius 2 is 1.95 bits per heavy atom. The van der Waals surface area contributed by atoms with Crippen molar-refractivity contribution >= 4 is 28.2 Å². The summed E-state index contributed by atoms with van der Waals surface area (Å²) in [7, 11) is 0. The minimum atomic E-state index is -0.446. The summed E-state index contributed by atoms with van der Waals surface area (Å²) in [6, 6.07) is 12.1. The molecule has 0 amide bonds. The van der Waals surface area contributed by atoms with Gasteiger partial charge in [-0.05, 0) is 50.6 Å². The van der Waals surface area contributed by atoms with Gasteiger partial charge in [-0.3, -0.25) is 0 Å². The van der Waals surface area contributed by atoms with Crippen molar-refractivity contribution in [2.24, 2.45) is 0 Å². The van der Waals surface area contributed by atoms with E-state index in [4.69, 9.17) is 20.3 Å². The highest BCUT2D eigenvalue weighted by Gasteiger charge is 2.21. The zero-order valence-corrected chi connectivity index (χ0v) is 21.5. The molecule has 1 fully saturated rings. The lowest BCUT2D eigenvalue weighted by Gasteiger charge is -2.10. The third-order valence-electron chi connectivity index (χ3n) is 6.37. The molecule has 9 nitrogen and oxygen atoms in total.